The maximum atomic E-state index is 4.68. The molecule has 5 heteroatoms. The Kier molecular flexibility index (Phi) is 10.8. The molecule has 4 rings (SSSR count). The highest BCUT2D eigenvalue weighted by atomic mass is 127. The van der Waals surface area contributed by atoms with Gasteiger partial charge in [0.1, 0.15) is 0 Å². The van der Waals surface area contributed by atoms with Crippen LogP contribution in [0.25, 0.3) is 10.9 Å². The minimum absolute atomic E-state index is 0.690. The smallest absolute Gasteiger partial charge is 0.0726 e. The van der Waals surface area contributed by atoms with E-state index in [2.05, 4.69) is 138 Å². The molecule has 0 unspecified atom stereocenters. The number of hydrogen-bond donors (Lipinski definition) is 0. The van der Waals surface area contributed by atoms with Crippen molar-refractivity contribution in [2.45, 2.75) is 60.0 Å². The van der Waals surface area contributed by atoms with Gasteiger partial charge in [-0.3, -0.25) is 14.8 Å². The third-order valence-electron chi connectivity index (χ3n) is 6.86. The van der Waals surface area contributed by atoms with Crippen LogP contribution in [0.5, 0.6) is 0 Å². The Morgan fingerprint density at radius 1 is 0.914 bits per heavy atom. The Labute approximate surface area is 226 Å². The van der Waals surface area contributed by atoms with E-state index in [4.69, 9.17) is 0 Å². The summed E-state index contributed by atoms with van der Waals surface area (Å²) in [4.78, 5) is 12.2. The summed E-state index contributed by atoms with van der Waals surface area (Å²) in [7, 11) is 0. The summed E-state index contributed by atoms with van der Waals surface area (Å²) in [6.07, 6.45) is 1.13. The number of aryl methyl sites for hydroxylation is 1. The first-order valence-corrected chi connectivity index (χ1v) is 14.2. The summed E-state index contributed by atoms with van der Waals surface area (Å²) >= 11 is 2.39. The molecule has 0 atom stereocenters. The molecule has 0 bridgehead atoms. The van der Waals surface area contributed by atoms with Gasteiger partial charge < -0.3 is 4.90 Å². The number of anilines is 1. The number of halogens is 1. The van der Waals surface area contributed by atoms with Crippen LogP contribution in [0, 0.1) is 10.5 Å². The molecule has 0 aliphatic carbocycles. The Morgan fingerprint density at radius 2 is 1.60 bits per heavy atom. The monoisotopic (exact) mass is 586 g/mol. The van der Waals surface area contributed by atoms with Gasteiger partial charge in [-0.15, -0.1) is 0 Å². The molecule has 1 aliphatic heterocycles. The van der Waals surface area contributed by atoms with Crippen LogP contribution >= 0.6 is 22.6 Å². The van der Waals surface area contributed by atoms with E-state index in [1.165, 1.54) is 20.2 Å². The molecular weight excluding hydrogens is 543 g/mol. The van der Waals surface area contributed by atoms with E-state index in [9.17, 15) is 0 Å². The Morgan fingerprint density at radius 3 is 2.20 bits per heavy atom. The number of benzene rings is 2. The number of pyridine rings is 1. The molecule has 0 radical (unpaired) electrons. The summed E-state index contributed by atoms with van der Waals surface area (Å²) in [6, 6.07) is 21.0. The maximum Gasteiger partial charge on any atom is 0.0726 e. The summed E-state index contributed by atoms with van der Waals surface area (Å²) in [5.74, 6) is 0. The molecule has 1 saturated heterocycles. The minimum atomic E-state index is 0.690. The average Bonchev–Trinajstić information content (AvgIpc) is 2.83. The fourth-order valence-electron chi connectivity index (χ4n) is 5.04. The van der Waals surface area contributed by atoms with Crippen molar-refractivity contribution in [1.82, 2.24) is 14.8 Å². The van der Waals surface area contributed by atoms with Gasteiger partial charge in [0.25, 0.3) is 0 Å². The largest absolute Gasteiger partial charge is 0.368 e. The van der Waals surface area contributed by atoms with E-state index in [1.54, 1.807) is 0 Å². The molecule has 4 nitrogen and oxygen atoms in total. The fraction of sp³-hybridized carbons (Fsp3) is 0.500. The predicted molar refractivity (Wildman–Crippen MR) is 161 cm³/mol. The quantitative estimate of drug-likeness (QED) is 0.290. The molecule has 190 valence electrons. The van der Waals surface area contributed by atoms with Crippen molar-refractivity contribution in [3.63, 3.8) is 0 Å². The molecule has 2 aromatic carbocycles. The van der Waals surface area contributed by atoms with Gasteiger partial charge in [-0.05, 0) is 112 Å². The van der Waals surface area contributed by atoms with Gasteiger partial charge in [0.2, 0.25) is 0 Å². The van der Waals surface area contributed by atoms with Crippen LogP contribution in [0.3, 0.4) is 0 Å². The Balaban J connectivity index is 0.000000327. The zero-order chi connectivity index (χ0) is 25.4. The van der Waals surface area contributed by atoms with Crippen LogP contribution in [0.15, 0.2) is 54.6 Å². The van der Waals surface area contributed by atoms with Gasteiger partial charge in [0.15, 0.2) is 0 Å². The van der Waals surface area contributed by atoms with Crippen molar-refractivity contribution in [2.24, 2.45) is 0 Å². The van der Waals surface area contributed by atoms with E-state index in [1.807, 2.05) is 0 Å². The van der Waals surface area contributed by atoms with Gasteiger partial charge in [0.05, 0.1) is 5.52 Å². The van der Waals surface area contributed by atoms with Crippen molar-refractivity contribution in [1.29, 1.82) is 0 Å². The van der Waals surface area contributed by atoms with E-state index in [-0.39, 0.29) is 0 Å². The normalized spacial score (nSPS) is 14.6. The lowest BCUT2D eigenvalue weighted by Crippen LogP contribution is -2.47. The highest BCUT2D eigenvalue weighted by Gasteiger charge is 2.18. The highest BCUT2D eigenvalue weighted by Crippen LogP contribution is 2.27. The molecule has 3 aromatic rings. The third-order valence-corrected chi connectivity index (χ3v) is 7.53. The van der Waals surface area contributed by atoms with Crippen LogP contribution in [0.4, 0.5) is 5.69 Å². The van der Waals surface area contributed by atoms with Gasteiger partial charge in [-0.1, -0.05) is 25.1 Å². The number of nitrogens with zero attached hydrogens (tertiary/aromatic N) is 4. The van der Waals surface area contributed by atoms with Crippen molar-refractivity contribution >= 4 is 39.2 Å². The first kappa shape index (κ1) is 27.9. The molecule has 35 heavy (non-hydrogen) atoms. The van der Waals surface area contributed by atoms with E-state index in [0.717, 1.165) is 56.9 Å². The van der Waals surface area contributed by atoms with Gasteiger partial charge in [0, 0.05) is 65.1 Å². The molecule has 0 amide bonds. The predicted octanol–water partition coefficient (Wildman–Crippen LogP) is 6.64. The zero-order valence-corrected chi connectivity index (χ0v) is 24.6. The summed E-state index contributed by atoms with van der Waals surface area (Å²) in [6.45, 7) is 19.9. The molecule has 1 aliphatic rings. The SMILES string of the molecule is CCN(C(C)C)C(C)C.Cc1ccc2c(N3CCN(CCc4cccc(I)c4)CC3)cccc2n1. The lowest BCUT2D eigenvalue weighted by Gasteiger charge is -2.36. The van der Waals surface area contributed by atoms with Crippen LogP contribution in [0.1, 0.15) is 45.9 Å². The molecule has 0 saturated carbocycles. The topological polar surface area (TPSA) is 22.6 Å². The number of fused-ring (bicyclic) bond motifs is 1. The Hall–Kier alpha value is -1.70. The summed E-state index contributed by atoms with van der Waals surface area (Å²) in [5.41, 5.74) is 4.95. The van der Waals surface area contributed by atoms with Crippen LogP contribution in [0.2, 0.25) is 0 Å². The second-order valence-electron chi connectivity index (χ2n) is 10.0. The number of rotatable bonds is 7. The van der Waals surface area contributed by atoms with Crippen LogP contribution in [-0.2, 0) is 6.42 Å². The Bertz CT molecular complexity index is 1050. The highest BCUT2D eigenvalue weighted by molar-refractivity contribution is 14.1. The standard InChI is InChI=1S/C22H24IN3.C8H19N/c1-17-8-9-20-21(24-17)6-3-7-22(20)26-14-12-25(13-15-26)11-10-18-4-2-5-19(23)16-18;1-6-9(7(2)3)8(4)5/h2-9,16H,10-15H2,1H3;7-8H,6H2,1-5H3. The van der Waals surface area contributed by atoms with Gasteiger partial charge >= 0.3 is 0 Å². The molecular formula is C30H43IN4. The average molecular weight is 587 g/mol. The van der Waals surface area contributed by atoms with Gasteiger partial charge in [-0.2, -0.15) is 0 Å². The molecule has 0 N–H and O–H groups in total. The molecule has 1 fully saturated rings. The van der Waals surface area contributed by atoms with Crippen molar-refractivity contribution in [3.05, 3.63) is 69.4 Å². The van der Waals surface area contributed by atoms with E-state index in [0.29, 0.717) is 12.1 Å². The molecule has 2 heterocycles. The second kappa shape index (κ2) is 13.6. The van der Waals surface area contributed by atoms with Crippen molar-refractivity contribution < 1.29 is 0 Å². The molecule has 0 spiro atoms. The minimum Gasteiger partial charge on any atom is -0.368 e. The lowest BCUT2D eigenvalue weighted by molar-refractivity contribution is 0.185. The molecule has 1 aromatic heterocycles. The fourth-order valence-corrected chi connectivity index (χ4v) is 5.64. The second-order valence-corrected chi connectivity index (χ2v) is 11.3. The first-order chi connectivity index (χ1) is 16.8. The number of aromatic nitrogens is 1. The van der Waals surface area contributed by atoms with Crippen LogP contribution in [-0.4, -0.2) is 66.1 Å². The summed E-state index contributed by atoms with van der Waals surface area (Å²) in [5, 5.41) is 1.27. The zero-order valence-electron chi connectivity index (χ0n) is 22.5. The first-order valence-electron chi connectivity index (χ1n) is 13.1. The van der Waals surface area contributed by atoms with E-state index >= 15 is 0 Å². The van der Waals surface area contributed by atoms with Gasteiger partial charge in [-0.25, -0.2) is 0 Å². The number of hydrogen-bond acceptors (Lipinski definition) is 4. The lowest BCUT2D eigenvalue weighted by atomic mass is 10.1. The van der Waals surface area contributed by atoms with Crippen molar-refractivity contribution in [2.75, 3.05) is 44.2 Å². The van der Waals surface area contributed by atoms with Crippen LogP contribution < -0.4 is 4.90 Å². The maximum absolute atomic E-state index is 4.68. The summed E-state index contributed by atoms with van der Waals surface area (Å²) < 4.78 is 1.32. The number of piperazine rings is 1. The van der Waals surface area contributed by atoms with E-state index < -0.39 is 0 Å². The third kappa shape index (κ3) is 8.16. The van der Waals surface area contributed by atoms with Crippen molar-refractivity contribution in [3.8, 4) is 0 Å².